The summed E-state index contributed by atoms with van der Waals surface area (Å²) in [5.41, 5.74) is 8.93. The second kappa shape index (κ2) is 12.3. The second-order valence-corrected chi connectivity index (χ2v) is 12.2. The van der Waals surface area contributed by atoms with E-state index in [-0.39, 0.29) is 11.1 Å². The Balaban J connectivity index is 0.000000175. The fourth-order valence-electron chi connectivity index (χ4n) is 6.26. The number of rotatable bonds is 3. The average molecular weight is 592 g/mol. The molecule has 4 aliphatic rings. The van der Waals surface area contributed by atoms with E-state index in [1.807, 2.05) is 12.1 Å². The summed E-state index contributed by atoms with van der Waals surface area (Å²) in [5, 5.41) is 18.8. The van der Waals surface area contributed by atoms with Crippen molar-refractivity contribution in [2.75, 3.05) is 48.8 Å². The third-order valence-corrected chi connectivity index (χ3v) is 9.24. The van der Waals surface area contributed by atoms with Crippen molar-refractivity contribution in [1.82, 2.24) is 0 Å². The smallest absolute Gasteiger partial charge is 0.271 e. The Morgan fingerprint density at radius 2 is 1.18 bits per heavy atom. The maximum absolute atomic E-state index is 11.3. The van der Waals surface area contributed by atoms with Crippen LogP contribution in [-0.4, -0.2) is 54.9 Å². The number of carbonyl (C=O) groups excluding carboxylic acids is 2. The number of ketones is 2. The zero-order chi connectivity index (χ0) is 29.1. The van der Waals surface area contributed by atoms with Crippen molar-refractivity contribution >= 4 is 57.5 Å². The van der Waals surface area contributed by atoms with Crippen molar-refractivity contribution in [3.8, 4) is 0 Å². The molecule has 0 atom stereocenters. The number of hydrogen-bond donors (Lipinski definition) is 2. The molecule has 0 bridgehead atoms. The molecule has 2 aliphatic carbocycles. The lowest BCUT2D eigenvalue weighted by molar-refractivity contribution is -0.384. The predicted octanol–water partition coefficient (Wildman–Crippen LogP) is 5.68. The van der Waals surface area contributed by atoms with Gasteiger partial charge >= 0.3 is 0 Å². The Labute approximate surface area is 244 Å². The highest BCUT2D eigenvalue weighted by Gasteiger charge is 2.46. The second-order valence-electron chi connectivity index (χ2n) is 11.4. The van der Waals surface area contributed by atoms with Gasteiger partial charge in [0.15, 0.2) is 0 Å². The first-order chi connectivity index (χ1) is 19.1. The molecular formula is C29H36Cl2N4O5. The molecule has 0 radical (unpaired) electrons. The van der Waals surface area contributed by atoms with Crippen LogP contribution in [0.15, 0.2) is 36.4 Å². The lowest BCUT2D eigenvalue weighted by Crippen LogP contribution is -2.58. The third-order valence-electron chi connectivity index (χ3n) is 8.64. The highest BCUT2D eigenvalue weighted by molar-refractivity contribution is 6.34. The van der Waals surface area contributed by atoms with E-state index < -0.39 is 4.92 Å². The molecule has 9 nitrogen and oxygen atoms in total. The fourth-order valence-corrected chi connectivity index (χ4v) is 6.87. The molecule has 2 aliphatic heterocycles. The van der Waals surface area contributed by atoms with Gasteiger partial charge in [-0.15, -0.1) is 0 Å². The van der Waals surface area contributed by atoms with Crippen molar-refractivity contribution < 1.29 is 19.6 Å². The highest BCUT2D eigenvalue weighted by Crippen LogP contribution is 2.47. The Morgan fingerprint density at radius 3 is 1.55 bits per heavy atom. The van der Waals surface area contributed by atoms with E-state index >= 15 is 0 Å². The van der Waals surface area contributed by atoms with Crippen molar-refractivity contribution in [3.63, 3.8) is 0 Å². The summed E-state index contributed by atoms with van der Waals surface area (Å²) in [5.74, 6) is 0.784. The van der Waals surface area contributed by atoms with Gasteiger partial charge in [0.25, 0.3) is 5.69 Å². The Kier molecular flexibility index (Phi) is 9.27. The summed E-state index contributed by atoms with van der Waals surface area (Å²) in [6.07, 6.45) is 6.85. The first-order valence-electron chi connectivity index (χ1n) is 13.5. The summed E-state index contributed by atoms with van der Waals surface area (Å²) in [4.78, 5) is 37.3. The minimum absolute atomic E-state index is 0.0113. The van der Waals surface area contributed by atoms with Gasteiger partial charge in [-0.2, -0.15) is 0 Å². The van der Waals surface area contributed by atoms with Crippen LogP contribution in [0.25, 0.3) is 0 Å². The van der Waals surface area contributed by atoms with E-state index in [0.29, 0.717) is 40.5 Å². The van der Waals surface area contributed by atoms with Crippen molar-refractivity contribution in [2.45, 2.75) is 51.4 Å². The number of benzene rings is 2. The van der Waals surface area contributed by atoms with Gasteiger partial charge in [0.2, 0.25) is 0 Å². The van der Waals surface area contributed by atoms with Crippen LogP contribution in [-0.2, 0) is 9.59 Å². The quantitative estimate of drug-likeness (QED) is 0.265. The molecular weight excluding hydrogens is 555 g/mol. The minimum atomic E-state index is -0.444. The molecule has 3 N–H and O–H groups in total. The van der Waals surface area contributed by atoms with Crippen LogP contribution < -0.4 is 15.5 Å². The molecule has 11 heteroatoms. The number of aliphatic hydroxyl groups excluding tert-OH is 1. The minimum Gasteiger partial charge on any atom is -0.400 e. The molecule has 2 spiro atoms. The van der Waals surface area contributed by atoms with Crippen LogP contribution in [0.3, 0.4) is 0 Å². The number of Topliss-reactive ketones (excluding diaryl/α,β-unsaturated/α-hetero) is 2. The van der Waals surface area contributed by atoms with Gasteiger partial charge in [-0.05, 0) is 49.9 Å². The molecule has 2 aromatic rings. The van der Waals surface area contributed by atoms with Gasteiger partial charge < -0.3 is 20.6 Å². The molecule has 4 fully saturated rings. The van der Waals surface area contributed by atoms with E-state index in [1.54, 1.807) is 12.1 Å². The molecule has 2 aromatic carbocycles. The van der Waals surface area contributed by atoms with Crippen molar-refractivity contribution in [1.29, 1.82) is 0 Å². The fraction of sp³-hybridized carbons (Fsp3) is 0.517. The molecule has 40 heavy (non-hydrogen) atoms. The van der Waals surface area contributed by atoms with Gasteiger partial charge in [-0.25, -0.2) is 0 Å². The number of nitrogens with zero attached hydrogens (tertiary/aromatic N) is 3. The zero-order valence-corrected chi connectivity index (χ0v) is 24.2. The first-order valence-corrected chi connectivity index (χ1v) is 14.3. The number of halogens is 2. The number of nitro groups is 1. The SMILES string of the molecule is CO.Nc1ccc(N2CC3(CCC(=O)CC3)C2)c(Cl)c1.O=C1CCC2(CC1)CN(c1ccc([N+](=O)[O-])cc1Cl)C2. The van der Waals surface area contributed by atoms with Gasteiger partial charge in [-0.1, -0.05) is 23.2 Å². The zero-order valence-electron chi connectivity index (χ0n) is 22.7. The Bertz CT molecular complexity index is 1250. The van der Waals surface area contributed by atoms with Gasteiger partial charge in [0, 0.05) is 87.6 Å². The molecule has 0 aromatic heterocycles. The van der Waals surface area contributed by atoms with E-state index in [1.165, 1.54) is 12.1 Å². The lowest BCUT2D eigenvalue weighted by Gasteiger charge is -2.53. The maximum atomic E-state index is 11.3. The standard InChI is InChI=1S/C14H15ClN2O3.C14H17ClN2O.CH4O/c15-12-7-10(17(19)20)1-2-13(12)16-8-14(9-16)5-3-11(18)4-6-14;15-12-7-10(16)1-2-13(12)17-8-14(9-17)5-3-11(18)4-6-14;1-2/h1-2,7H,3-6,8-9H2;1-2,7H,3-6,8-9,16H2;2H,1H3. The number of carbonyl (C=O) groups is 2. The van der Waals surface area contributed by atoms with E-state index in [9.17, 15) is 19.7 Å². The van der Waals surface area contributed by atoms with Crippen molar-refractivity contribution in [2.24, 2.45) is 10.8 Å². The van der Waals surface area contributed by atoms with E-state index in [0.717, 1.165) is 88.2 Å². The number of nitrogens with two attached hydrogens (primary N) is 1. The van der Waals surface area contributed by atoms with Gasteiger partial charge in [0.05, 0.1) is 26.3 Å². The van der Waals surface area contributed by atoms with Gasteiger partial charge in [0.1, 0.15) is 11.6 Å². The topological polar surface area (TPSA) is 130 Å². The van der Waals surface area contributed by atoms with Crippen LogP contribution in [0.1, 0.15) is 51.4 Å². The van der Waals surface area contributed by atoms with Crippen LogP contribution in [0.2, 0.25) is 10.0 Å². The maximum Gasteiger partial charge on any atom is 0.271 e. The molecule has 0 amide bonds. The van der Waals surface area contributed by atoms with Crippen LogP contribution in [0.5, 0.6) is 0 Å². The molecule has 6 rings (SSSR count). The normalized spacial score (nSPS) is 20.5. The lowest BCUT2D eigenvalue weighted by atomic mass is 9.68. The van der Waals surface area contributed by atoms with Crippen LogP contribution in [0, 0.1) is 20.9 Å². The monoisotopic (exact) mass is 590 g/mol. The number of hydrogen-bond acceptors (Lipinski definition) is 8. The number of aliphatic hydroxyl groups is 1. The molecule has 0 unspecified atom stereocenters. The van der Waals surface area contributed by atoms with Crippen LogP contribution in [0.4, 0.5) is 22.7 Å². The summed E-state index contributed by atoms with van der Waals surface area (Å²) in [6, 6.07) is 10.3. The number of nitrogen functional groups attached to an aromatic ring is 1. The Morgan fingerprint density at radius 1 is 0.775 bits per heavy atom. The molecule has 2 saturated heterocycles. The number of non-ortho nitro benzene ring substituents is 1. The summed E-state index contributed by atoms with van der Waals surface area (Å²) < 4.78 is 0. The van der Waals surface area contributed by atoms with Gasteiger partial charge in [-0.3, -0.25) is 19.7 Å². The average Bonchev–Trinajstić information content (AvgIpc) is 2.89. The largest absolute Gasteiger partial charge is 0.400 e. The number of nitro benzene ring substituents is 1. The molecule has 216 valence electrons. The number of anilines is 3. The summed E-state index contributed by atoms with van der Waals surface area (Å²) in [6.45, 7) is 3.81. The van der Waals surface area contributed by atoms with Crippen LogP contribution >= 0.6 is 23.2 Å². The summed E-state index contributed by atoms with van der Waals surface area (Å²) in [7, 11) is 1.00. The van der Waals surface area contributed by atoms with E-state index in [4.69, 9.17) is 34.0 Å². The highest BCUT2D eigenvalue weighted by atomic mass is 35.5. The molecule has 2 saturated carbocycles. The third kappa shape index (κ3) is 6.53. The summed E-state index contributed by atoms with van der Waals surface area (Å²) >= 11 is 12.3. The molecule has 2 heterocycles. The predicted molar refractivity (Wildman–Crippen MR) is 158 cm³/mol. The van der Waals surface area contributed by atoms with Crippen molar-refractivity contribution in [3.05, 3.63) is 56.6 Å². The Hall–Kier alpha value is -2.88. The first kappa shape index (κ1) is 30.1. The van der Waals surface area contributed by atoms with E-state index in [2.05, 4.69) is 9.80 Å².